The van der Waals surface area contributed by atoms with Crippen molar-refractivity contribution in [3.63, 3.8) is 0 Å². The van der Waals surface area contributed by atoms with Crippen molar-refractivity contribution in [2.24, 2.45) is 58.2 Å². The molecule has 4 saturated carbocycles. The van der Waals surface area contributed by atoms with Gasteiger partial charge in [-0.15, -0.1) is 0 Å². The number of esters is 4. The lowest BCUT2D eigenvalue weighted by Gasteiger charge is -2.61. The highest BCUT2D eigenvalue weighted by molar-refractivity contribution is 6.33. The van der Waals surface area contributed by atoms with Crippen LogP contribution in [0.25, 0.3) is 27.8 Å². The first kappa shape index (κ1) is 65.1. The molecule has 4 aliphatic carbocycles. The largest absolute Gasteiger partial charge is 0.486 e. The van der Waals surface area contributed by atoms with Crippen LogP contribution in [0.5, 0.6) is 11.5 Å². The van der Waals surface area contributed by atoms with Gasteiger partial charge in [0.15, 0.2) is 11.5 Å². The first-order valence-corrected chi connectivity index (χ1v) is 33.0. The Bertz CT molecular complexity index is 3370. The third-order valence-corrected chi connectivity index (χ3v) is 21.9. The predicted molar refractivity (Wildman–Crippen MR) is 354 cm³/mol. The molecule has 4 fully saturated rings. The summed E-state index contributed by atoms with van der Waals surface area (Å²) in [5.41, 5.74) is 9.09. The first-order valence-electron chi connectivity index (χ1n) is 32.2. The highest BCUT2D eigenvalue weighted by Crippen LogP contribution is 2.69. The zero-order chi connectivity index (χ0) is 63.1. The van der Waals surface area contributed by atoms with Gasteiger partial charge in [0, 0.05) is 0 Å². The van der Waals surface area contributed by atoms with Crippen molar-refractivity contribution in [1.29, 1.82) is 0 Å². The summed E-state index contributed by atoms with van der Waals surface area (Å²) < 4.78 is 33.5. The Kier molecular flexibility index (Phi) is 20.9. The molecule has 12 heteroatoms. The normalized spacial score (nSPS) is 23.0. The Balaban J connectivity index is 0.908. The number of benzene rings is 6. The molecule has 9 atom stereocenters. The lowest BCUT2D eigenvalue weighted by atomic mass is 9.44. The maximum absolute atomic E-state index is 13.9. The lowest BCUT2D eigenvalue weighted by molar-refractivity contribution is -0.121. The van der Waals surface area contributed by atoms with Crippen molar-refractivity contribution >= 4 is 52.7 Å². The molecule has 4 aliphatic rings. The fraction of sp³-hybridized carbons (Fsp3) is 0.455. The summed E-state index contributed by atoms with van der Waals surface area (Å²) in [6.07, 6.45) is 19.9. The van der Waals surface area contributed by atoms with Crippen LogP contribution >= 0.6 is 23.2 Å². The summed E-state index contributed by atoms with van der Waals surface area (Å²) >= 11 is 14.5. The molecular formula is C77H88Cl2O10. The molecule has 6 aromatic carbocycles. The van der Waals surface area contributed by atoms with Crippen molar-refractivity contribution in [3.05, 3.63) is 182 Å². The first-order chi connectivity index (χ1) is 42.8. The quantitative estimate of drug-likeness (QED) is 0.0479. The van der Waals surface area contributed by atoms with E-state index in [0.717, 1.165) is 87.3 Å². The van der Waals surface area contributed by atoms with Crippen LogP contribution in [0, 0.1) is 58.2 Å². The second-order valence-corrected chi connectivity index (χ2v) is 27.6. The van der Waals surface area contributed by atoms with Crippen molar-refractivity contribution < 1.29 is 47.6 Å². The van der Waals surface area contributed by atoms with E-state index in [2.05, 4.69) is 40.7 Å². The van der Waals surface area contributed by atoms with Gasteiger partial charge in [-0.3, -0.25) is 0 Å². The van der Waals surface area contributed by atoms with Crippen LogP contribution in [0.15, 0.2) is 127 Å². The molecule has 10 rings (SSSR count). The van der Waals surface area contributed by atoms with Gasteiger partial charge in [-0.05, 0) is 227 Å². The number of hydrogen-bond acceptors (Lipinski definition) is 10. The van der Waals surface area contributed by atoms with E-state index in [1.807, 2.05) is 72.8 Å². The number of carbonyl (C=O) groups excluding carboxylic acids is 4. The minimum atomic E-state index is -0.634. The van der Waals surface area contributed by atoms with Crippen molar-refractivity contribution in [3.8, 4) is 33.8 Å². The average molecular weight is 1240 g/mol. The van der Waals surface area contributed by atoms with Crippen LogP contribution in [-0.4, -0.2) is 52.3 Å². The van der Waals surface area contributed by atoms with E-state index in [1.54, 1.807) is 48.5 Å². The Morgan fingerprint density at radius 1 is 0.539 bits per heavy atom. The second-order valence-electron chi connectivity index (χ2n) is 26.8. The Hall–Kier alpha value is -6.88. The van der Waals surface area contributed by atoms with E-state index in [9.17, 15) is 19.2 Å². The van der Waals surface area contributed by atoms with Gasteiger partial charge in [0.05, 0.1) is 49.6 Å². The topological polar surface area (TPSA) is 124 Å². The second kappa shape index (κ2) is 28.5. The summed E-state index contributed by atoms with van der Waals surface area (Å²) in [6.45, 7) is 12.9. The number of hydrogen-bond donors (Lipinski definition) is 0. The van der Waals surface area contributed by atoms with E-state index >= 15 is 0 Å². The molecule has 1 unspecified atom stereocenters. The lowest BCUT2D eigenvalue weighted by Crippen LogP contribution is -2.53. The Morgan fingerprint density at radius 2 is 1.04 bits per heavy atom. The van der Waals surface area contributed by atoms with Crippen LogP contribution in [-0.2, 0) is 32.2 Å². The molecule has 470 valence electrons. The highest BCUT2D eigenvalue weighted by Gasteiger charge is 2.60. The molecule has 0 radical (unpaired) electrons. The fourth-order valence-corrected chi connectivity index (χ4v) is 17.1. The third kappa shape index (κ3) is 14.2. The fourth-order valence-electron chi connectivity index (χ4n) is 16.6. The summed E-state index contributed by atoms with van der Waals surface area (Å²) in [5.74, 6) is 4.43. The van der Waals surface area contributed by atoms with Crippen molar-refractivity contribution in [2.45, 2.75) is 138 Å². The van der Waals surface area contributed by atoms with Gasteiger partial charge in [0.2, 0.25) is 0 Å². The zero-order valence-corrected chi connectivity index (χ0v) is 54.9. The van der Waals surface area contributed by atoms with Gasteiger partial charge in [-0.25, -0.2) is 19.2 Å². The number of halogens is 2. The standard InChI is InChI=1S/C77H88Cl2O10/c1-47(2)14-10-15-48(3)65-32-33-66-62-31-30-60-38-49(34-36-76(60,4)67(62)35-37-77(65,66)5)16-11-21-61(58-41-63(74(82)86-8)70(68(78)43-58)88-45-50-22-26-52(27-23-50)54-17-12-19-56(39-54)72(80)84-6)59-42-64(75(83)87-9)71(69(79)44-59)89-46-51-24-28-53(29-25-51)55-18-13-20-57(40-55)73(81)85-7/h12-13,17-29,39-44,47-49,60,62,65-67H,10-11,14-16,30-38,45-46H2,1-9H3/t48-,49+,60?,62+,65-,66+,67+,76+,77-/m1/s1. The summed E-state index contributed by atoms with van der Waals surface area (Å²) in [6, 6.07) is 37.0. The molecule has 0 N–H and O–H groups in total. The van der Waals surface area contributed by atoms with Gasteiger partial charge in [-0.1, -0.05) is 156 Å². The van der Waals surface area contributed by atoms with Crippen LogP contribution in [0.4, 0.5) is 0 Å². The number of methoxy groups -OCH3 is 4. The number of carbonyl (C=O) groups is 4. The average Bonchev–Trinajstić information content (AvgIpc) is 1.82. The van der Waals surface area contributed by atoms with Crippen LogP contribution in [0.2, 0.25) is 10.0 Å². The van der Waals surface area contributed by atoms with Gasteiger partial charge in [0.1, 0.15) is 24.3 Å². The Morgan fingerprint density at radius 3 is 1.55 bits per heavy atom. The van der Waals surface area contributed by atoms with E-state index in [4.69, 9.17) is 51.6 Å². The van der Waals surface area contributed by atoms with Gasteiger partial charge < -0.3 is 28.4 Å². The molecular weight excluding hydrogens is 1160 g/mol. The molecule has 0 saturated heterocycles. The van der Waals surface area contributed by atoms with Crippen LogP contribution in [0.1, 0.15) is 188 Å². The number of ether oxygens (including phenoxy) is 6. The van der Waals surface area contributed by atoms with Crippen molar-refractivity contribution in [2.75, 3.05) is 28.4 Å². The maximum Gasteiger partial charge on any atom is 0.341 e. The molecule has 0 bridgehead atoms. The molecule has 10 nitrogen and oxygen atoms in total. The zero-order valence-electron chi connectivity index (χ0n) is 53.4. The Labute approximate surface area is 537 Å². The monoisotopic (exact) mass is 1240 g/mol. The summed E-state index contributed by atoms with van der Waals surface area (Å²) in [4.78, 5) is 52.3. The number of rotatable bonds is 22. The van der Waals surface area contributed by atoms with E-state index in [-0.39, 0.29) is 45.9 Å². The molecule has 6 aromatic rings. The summed E-state index contributed by atoms with van der Waals surface area (Å²) in [7, 11) is 5.37. The van der Waals surface area contributed by atoms with E-state index in [0.29, 0.717) is 44.9 Å². The predicted octanol–water partition coefficient (Wildman–Crippen LogP) is 19.6. The van der Waals surface area contributed by atoms with Gasteiger partial charge in [0.25, 0.3) is 0 Å². The minimum absolute atomic E-state index is 0.0874. The van der Waals surface area contributed by atoms with Crippen LogP contribution in [0.3, 0.4) is 0 Å². The molecule has 89 heavy (non-hydrogen) atoms. The maximum atomic E-state index is 13.9. The van der Waals surface area contributed by atoms with Gasteiger partial charge >= 0.3 is 23.9 Å². The molecule has 0 aromatic heterocycles. The molecule has 0 amide bonds. The molecule has 0 heterocycles. The number of fused-ring (bicyclic) bond motifs is 5. The summed E-state index contributed by atoms with van der Waals surface area (Å²) in [5, 5.41) is 0.391. The molecule has 0 spiro atoms. The van der Waals surface area contributed by atoms with E-state index < -0.39 is 23.9 Å². The highest BCUT2D eigenvalue weighted by atomic mass is 35.5. The van der Waals surface area contributed by atoms with E-state index in [1.165, 1.54) is 105 Å². The number of allylic oxidation sites excluding steroid dienone is 1. The van der Waals surface area contributed by atoms with Crippen LogP contribution < -0.4 is 9.47 Å². The van der Waals surface area contributed by atoms with Gasteiger partial charge in [-0.2, -0.15) is 0 Å². The minimum Gasteiger partial charge on any atom is -0.486 e. The smallest absolute Gasteiger partial charge is 0.341 e. The SMILES string of the molecule is COC(=O)c1cccc(-c2ccc(COc3c(Cl)cc(C(=CCC[C@H]4CC[C@@]5(C)C(CC[C@H]6[C@@H]7CC[C@H]([C@H](C)CCCC(C)C)[C@@]7(C)CC[C@@H]65)C4)c4cc(Cl)c(OCc5ccc(-c6cccc(C(=O)OC)c6)cc5)c(C(=O)OC)c4)cc3C(=O)OC)cc2)c1. The van der Waals surface area contributed by atoms with Crippen molar-refractivity contribution in [1.82, 2.24) is 0 Å². The molecule has 0 aliphatic heterocycles. The third-order valence-electron chi connectivity index (χ3n) is 21.3.